The van der Waals surface area contributed by atoms with E-state index in [9.17, 15) is 14.0 Å². The fourth-order valence-corrected chi connectivity index (χ4v) is 2.67. The molecule has 1 unspecified atom stereocenters. The largest absolute Gasteiger partial charge is 0.496 e. The van der Waals surface area contributed by atoms with Gasteiger partial charge in [0.05, 0.1) is 25.3 Å². The van der Waals surface area contributed by atoms with Crippen LogP contribution in [0.3, 0.4) is 0 Å². The summed E-state index contributed by atoms with van der Waals surface area (Å²) >= 11 is 0. The van der Waals surface area contributed by atoms with E-state index >= 15 is 0 Å². The fourth-order valence-electron chi connectivity index (χ4n) is 2.67. The van der Waals surface area contributed by atoms with Crippen LogP contribution < -0.4 is 10.5 Å². The number of methoxy groups -OCH3 is 1. The second-order valence-electron chi connectivity index (χ2n) is 5.15. The number of hydrogen-bond donors (Lipinski definition) is 1. The Labute approximate surface area is 122 Å². The number of carbonyl (C=O) groups is 2. The third-order valence-electron chi connectivity index (χ3n) is 3.75. The summed E-state index contributed by atoms with van der Waals surface area (Å²) in [5, 5.41) is 0. The van der Waals surface area contributed by atoms with Gasteiger partial charge >= 0.3 is 0 Å². The number of halogens is 1. The van der Waals surface area contributed by atoms with Crippen LogP contribution in [0.1, 0.15) is 29.6 Å². The number of likely N-dealkylation sites (tertiary alicyclic amines) is 1. The highest BCUT2D eigenvalue weighted by atomic mass is 19.1. The molecule has 1 fully saturated rings. The summed E-state index contributed by atoms with van der Waals surface area (Å²) in [4.78, 5) is 25.6. The number of carbonyl (C=O) groups excluding carboxylic acids is 2. The molecular formula is C15H19FN2O3. The lowest BCUT2D eigenvalue weighted by Crippen LogP contribution is -2.49. The van der Waals surface area contributed by atoms with E-state index in [1.165, 1.54) is 19.2 Å². The molecule has 114 valence electrons. The van der Waals surface area contributed by atoms with Gasteiger partial charge in [-0.25, -0.2) is 4.39 Å². The molecule has 0 radical (unpaired) electrons. The van der Waals surface area contributed by atoms with Crippen molar-refractivity contribution in [2.45, 2.75) is 25.3 Å². The second-order valence-corrected chi connectivity index (χ2v) is 5.15. The van der Waals surface area contributed by atoms with Gasteiger partial charge in [-0.3, -0.25) is 14.5 Å². The molecule has 1 aliphatic rings. The molecule has 0 aliphatic carbocycles. The predicted molar refractivity (Wildman–Crippen MR) is 75.7 cm³/mol. The Hall–Kier alpha value is -1.95. The lowest BCUT2D eigenvalue weighted by Gasteiger charge is -2.33. The first kappa shape index (κ1) is 15.4. The maximum absolute atomic E-state index is 13.3. The van der Waals surface area contributed by atoms with Gasteiger partial charge in [0, 0.05) is 0 Å². The van der Waals surface area contributed by atoms with Crippen molar-refractivity contribution < 1.29 is 18.7 Å². The van der Waals surface area contributed by atoms with Crippen LogP contribution in [0.2, 0.25) is 0 Å². The van der Waals surface area contributed by atoms with Crippen LogP contribution in [0.5, 0.6) is 5.75 Å². The van der Waals surface area contributed by atoms with Crippen LogP contribution in [0, 0.1) is 5.82 Å². The van der Waals surface area contributed by atoms with Crippen LogP contribution in [0.15, 0.2) is 18.2 Å². The molecule has 21 heavy (non-hydrogen) atoms. The summed E-state index contributed by atoms with van der Waals surface area (Å²) in [6.07, 6.45) is 2.49. The average molecular weight is 294 g/mol. The maximum Gasteiger partial charge on any atom is 0.234 e. The van der Waals surface area contributed by atoms with Crippen molar-refractivity contribution in [3.63, 3.8) is 0 Å². The second kappa shape index (κ2) is 6.67. The van der Waals surface area contributed by atoms with E-state index in [4.69, 9.17) is 10.5 Å². The summed E-state index contributed by atoms with van der Waals surface area (Å²) in [6, 6.07) is 3.39. The van der Waals surface area contributed by atoms with Crippen molar-refractivity contribution in [2.24, 2.45) is 5.73 Å². The highest BCUT2D eigenvalue weighted by Crippen LogP contribution is 2.22. The molecule has 1 amide bonds. The molecule has 1 heterocycles. The molecule has 2 rings (SSSR count). The van der Waals surface area contributed by atoms with E-state index in [-0.39, 0.29) is 17.9 Å². The Kier molecular flexibility index (Phi) is 4.90. The van der Waals surface area contributed by atoms with Gasteiger partial charge in [-0.1, -0.05) is 6.42 Å². The van der Waals surface area contributed by atoms with E-state index in [0.717, 1.165) is 18.9 Å². The number of primary amides is 1. The lowest BCUT2D eigenvalue weighted by atomic mass is 10.00. The smallest absolute Gasteiger partial charge is 0.234 e. The van der Waals surface area contributed by atoms with Crippen molar-refractivity contribution in [3.8, 4) is 5.75 Å². The highest BCUT2D eigenvalue weighted by Gasteiger charge is 2.29. The Morgan fingerprint density at radius 2 is 2.19 bits per heavy atom. The third-order valence-corrected chi connectivity index (χ3v) is 3.75. The van der Waals surface area contributed by atoms with Crippen LogP contribution in [-0.2, 0) is 4.79 Å². The molecule has 5 nitrogen and oxygen atoms in total. The van der Waals surface area contributed by atoms with E-state index in [2.05, 4.69) is 0 Å². The van der Waals surface area contributed by atoms with Crippen LogP contribution in [0.25, 0.3) is 0 Å². The number of benzene rings is 1. The molecule has 0 spiro atoms. The van der Waals surface area contributed by atoms with Crippen LogP contribution >= 0.6 is 0 Å². The topological polar surface area (TPSA) is 72.6 Å². The molecule has 1 atom stereocenters. The van der Waals surface area contributed by atoms with Crippen LogP contribution in [-0.4, -0.2) is 42.8 Å². The summed E-state index contributed by atoms with van der Waals surface area (Å²) < 4.78 is 18.4. The zero-order valence-electron chi connectivity index (χ0n) is 12.0. The van der Waals surface area contributed by atoms with E-state index in [0.29, 0.717) is 18.7 Å². The third kappa shape index (κ3) is 3.58. The minimum absolute atomic E-state index is 0.0351. The number of rotatable bonds is 5. The van der Waals surface area contributed by atoms with Gasteiger partial charge in [0.2, 0.25) is 5.91 Å². The number of ether oxygens (including phenoxy) is 1. The number of ketones is 1. The number of nitrogens with two attached hydrogens (primary N) is 1. The fraction of sp³-hybridized carbons (Fsp3) is 0.467. The first-order valence-electron chi connectivity index (χ1n) is 6.93. The van der Waals surface area contributed by atoms with Crippen LogP contribution in [0.4, 0.5) is 4.39 Å². The number of nitrogens with zero attached hydrogens (tertiary/aromatic N) is 1. The summed E-state index contributed by atoms with van der Waals surface area (Å²) in [5.74, 6) is -0.869. The van der Waals surface area contributed by atoms with E-state index in [1.54, 1.807) is 4.90 Å². The molecule has 2 N–H and O–H groups in total. The Bertz CT molecular complexity index is 548. The number of Topliss-reactive ketones (excluding diaryl/α,β-unsaturated/α-hetero) is 1. The van der Waals surface area contributed by atoms with E-state index in [1.807, 2.05) is 0 Å². The van der Waals surface area contributed by atoms with Crippen molar-refractivity contribution in [2.75, 3.05) is 20.2 Å². The Morgan fingerprint density at radius 1 is 1.43 bits per heavy atom. The summed E-state index contributed by atoms with van der Waals surface area (Å²) in [7, 11) is 1.43. The number of hydrogen-bond acceptors (Lipinski definition) is 4. The first-order chi connectivity index (χ1) is 10.0. The monoisotopic (exact) mass is 294 g/mol. The molecule has 1 aromatic rings. The normalized spacial score (nSPS) is 19.2. The number of piperidine rings is 1. The minimum Gasteiger partial charge on any atom is -0.496 e. The lowest BCUT2D eigenvalue weighted by molar-refractivity contribution is -0.124. The summed E-state index contributed by atoms with van der Waals surface area (Å²) in [5.41, 5.74) is 5.56. The molecule has 1 aromatic carbocycles. The molecule has 0 bridgehead atoms. The maximum atomic E-state index is 13.3. The Morgan fingerprint density at radius 3 is 2.86 bits per heavy atom. The average Bonchev–Trinajstić information content (AvgIpc) is 2.47. The van der Waals surface area contributed by atoms with Gasteiger partial charge < -0.3 is 10.5 Å². The highest BCUT2D eigenvalue weighted by molar-refractivity contribution is 6.00. The van der Waals surface area contributed by atoms with Gasteiger partial charge in [-0.2, -0.15) is 0 Å². The van der Waals surface area contributed by atoms with Gasteiger partial charge in [0.1, 0.15) is 11.6 Å². The molecular weight excluding hydrogens is 275 g/mol. The van der Waals surface area contributed by atoms with Crippen molar-refractivity contribution in [1.82, 2.24) is 4.90 Å². The minimum atomic E-state index is -0.496. The molecule has 1 saturated heterocycles. The van der Waals surface area contributed by atoms with Gasteiger partial charge in [0.25, 0.3) is 0 Å². The zero-order valence-corrected chi connectivity index (χ0v) is 12.0. The van der Waals surface area contributed by atoms with Crippen molar-refractivity contribution >= 4 is 11.7 Å². The SMILES string of the molecule is COc1ccc(F)cc1C(=O)CN1CCCCC1C(N)=O. The van der Waals surface area contributed by atoms with Gasteiger partial charge in [-0.15, -0.1) is 0 Å². The molecule has 0 saturated carbocycles. The van der Waals surface area contributed by atoms with Gasteiger partial charge in [0.15, 0.2) is 5.78 Å². The standard InChI is InChI=1S/C15H19FN2O3/c1-21-14-6-5-10(16)8-11(14)13(19)9-18-7-3-2-4-12(18)15(17)20/h5-6,8,12H,2-4,7,9H2,1H3,(H2,17,20). The predicted octanol–water partition coefficient (Wildman–Crippen LogP) is 1.36. The number of amides is 1. The molecule has 1 aliphatic heterocycles. The molecule has 0 aromatic heterocycles. The quantitative estimate of drug-likeness (QED) is 0.832. The first-order valence-corrected chi connectivity index (χ1v) is 6.93. The van der Waals surface area contributed by atoms with Crippen molar-refractivity contribution in [3.05, 3.63) is 29.6 Å². The zero-order chi connectivity index (χ0) is 15.4. The van der Waals surface area contributed by atoms with E-state index < -0.39 is 17.8 Å². The molecule has 6 heteroatoms. The van der Waals surface area contributed by atoms with Crippen molar-refractivity contribution in [1.29, 1.82) is 0 Å². The van der Waals surface area contributed by atoms with Gasteiger partial charge in [-0.05, 0) is 37.6 Å². The summed E-state index contributed by atoms with van der Waals surface area (Å²) in [6.45, 7) is 0.671. The Balaban J connectivity index is 2.17.